The summed E-state index contributed by atoms with van der Waals surface area (Å²) in [6, 6.07) is 7.60. The maximum atomic E-state index is 11.6. The number of aliphatic imine (C=N–C) groups is 1. The number of hydrogen-bond donors (Lipinski definition) is 1. The maximum absolute atomic E-state index is 11.6. The number of rotatable bonds is 2. The zero-order valence-corrected chi connectivity index (χ0v) is 10.6. The van der Waals surface area contributed by atoms with Crippen molar-refractivity contribution in [1.82, 2.24) is 0 Å². The molecule has 0 aliphatic carbocycles. The number of aryl methyl sites for hydroxylation is 1. The Kier molecular flexibility index (Phi) is 3.19. The molecule has 1 aromatic rings. The van der Waals surface area contributed by atoms with Crippen LogP contribution >= 0.6 is 0 Å². The van der Waals surface area contributed by atoms with Gasteiger partial charge in [-0.3, -0.25) is 4.99 Å². The van der Waals surface area contributed by atoms with Crippen molar-refractivity contribution < 1.29 is 14.6 Å². The molecule has 1 aliphatic heterocycles. The van der Waals surface area contributed by atoms with Crippen LogP contribution < -0.4 is 0 Å². The molecule has 1 aromatic carbocycles. The van der Waals surface area contributed by atoms with Crippen LogP contribution in [0.15, 0.2) is 40.6 Å². The third-order valence-electron chi connectivity index (χ3n) is 2.89. The molecule has 0 saturated carbocycles. The van der Waals surface area contributed by atoms with Crippen LogP contribution in [0.5, 0.6) is 0 Å². The lowest BCUT2D eigenvalue weighted by atomic mass is 10.1. The Hall–Kier alpha value is -2.10. The first-order valence-corrected chi connectivity index (χ1v) is 5.76. The lowest BCUT2D eigenvalue weighted by Crippen LogP contribution is -2.08. The van der Waals surface area contributed by atoms with Crippen LogP contribution in [0.2, 0.25) is 0 Å². The van der Waals surface area contributed by atoms with E-state index < -0.39 is 12.1 Å². The number of cyclic esters (lactones) is 1. The molecule has 0 spiro atoms. The first kappa shape index (κ1) is 12.4. The predicted octanol–water partition coefficient (Wildman–Crippen LogP) is 2.84. The Labute approximate surface area is 106 Å². The number of hydrogen-bond acceptors (Lipinski definition) is 4. The number of ether oxygens (including phenoxy) is 1. The van der Waals surface area contributed by atoms with Gasteiger partial charge < -0.3 is 9.84 Å². The third kappa shape index (κ3) is 2.14. The molecule has 0 saturated heterocycles. The molecule has 2 rings (SSSR count). The van der Waals surface area contributed by atoms with E-state index >= 15 is 0 Å². The number of carbonyl (C=O) groups excluding carboxylic acids is 1. The Balaban J connectivity index is 2.41. The fraction of sp³-hybridized carbons (Fsp3) is 0.286. The van der Waals surface area contributed by atoms with Gasteiger partial charge in [-0.1, -0.05) is 18.2 Å². The highest BCUT2D eigenvalue weighted by Gasteiger charge is 2.32. The van der Waals surface area contributed by atoms with Crippen molar-refractivity contribution in [2.45, 2.75) is 26.9 Å². The summed E-state index contributed by atoms with van der Waals surface area (Å²) in [5.74, 6) is -0.565. The van der Waals surface area contributed by atoms with Gasteiger partial charge in [-0.25, -0.2) is 4.79 Å². The number of carbonyl (C=O) groups is 1. The molecule has 18 heavy (non-hydrogen) atoms. The second-order valence-electron chi connectivity index (χ2n) is 4.29. The molecule has 1 heterocycles. The average molecular weight is 245 g/mol. The molecule has 4 nitrogen and oxygen atoms in total. The summed E-state index contributed by atoms with van der Waals surface area (Å²) in [6.45, 7) is 5.26. The van der Waals surface area contributed by atoms with E-state index in [1.54, 1.807) is 13.8 Å². The van der Waals surface area contributed by atoms with E-state index in [2.05, 4.69) is 4.99 Å². The first-order chi connectivity index (χ1) is 8.50. The van der Waals surface area contributed by atoms with Gasteiger partial charge in [0.2, 0.25) is 0 Å². The molecule has 0 aromatic heterocycles. The lowest BCUT2D eigenvalue weighted by Gasteiger charge is -2.02. The van der Waals surface area contributed by atoms with Gasteiger partial charge in [0, 0.05) is 0 Å². The van der Waals surface area contributed by atoms with Crippen molar-refractivity contribution in [3.05, 3.63) is 41.2 Å². The zero-order chi connectivity index (χ0) is 13.3. The van der Waals surface area contributed by atoms with Crippen molar-refractivity contribution in [2.75, 3.05) is 0 Å². The summed E-state index contributed by atoms with van der Waals surface area (Å²) in [5, 5.41) is 9.80. The van der Waals surface area contributed by atoms with Gasteiger partial charge in [-0.2, -0.15) is 0 Å². The van der Waals surface area contributed by atoms with Crippen LogP contribution in [0, 0.1) is 6.92 Å². The largest absolute Gasteiger partial charge is 0.507 e. The quantitative estimate of drug-likeness (QED) is 0.643. The zero-order valence-electron chi connectivity index (χ0n) is 10.6. The fourth-order valence-corrected chi connectivity index (χ4v) is 1.84. The number of nitrogens with zero attached hydrogens (tertiary/aromatic N) is 1. The van der Waals surface area contributed by atoms with Crippen molar-refractivity contribution in [3.63, 3.8) is 0 Å². The van der Waals surface area contributed by atoms with E-state index in [1.165, 1.54) is 0 Å². The van der Waals surface area contributed by atoms with Crippen molar-refractivity contribution in [3.8, 4) is 0 Å². The topological polar surface area (TPSA) is 58.9 Å². The summed E-state index contributed by atoms with van der Waals surface area (Å²) in [4.78, 5) is 16.0. The predicted molar refractivity (Wildman–Crippen MR) is 69.2 cm³/mol. The van der Waals surface area contributed by atoms with Crippen LogP contribution in [0.1, 0.15) is 19.4 Å². The first-order valence-electron chi connectivity index (χ1n) is 5.76. The highest BCUT2D eigenvalue weighted by Crippen LogP contribution is 2.24. The Morgan fingerprint density at radius 1 is 1.39 bits per heavy atom. The van der Waals surface area contributed by atoms with Gasteiger partial charge in [-0.05, 0) is 32.4 Å². The summed E-state index contributed by atoms with van der Waals surface area (Å²) < 4.78 is 4.93. The Morgan fingerprint density at radius 3 is 2.61 bits per heavy atom. The molecule has 0 fully saturated rings. The molecule has 4 heteroatoms. The minimum Gasteiger partial charge on any atom is -0.507 e. The van der Waals surface area contributed by atoms with E-state index in [9.17, 15) is 9.90 Å². The molecule has 0 radical (unpaired) electrons. The van der Waals surface area contributed by atoms with E-state index in [0.717, 1.165) is 11.3 Å². The second-order valence-corrected chi connectivity index (χ2v) is 4.29. The number of benzene rings is 1. The van der Waals surface area contributed by atoms with E-state index in [-0.39, 0.29) is 11.3 Å². The second kappa shape index (κ2) is 4.64. The normalized spacial score (nSPS) is 20.3. The number of aliphatic hydroxyl groups is 1. The number of esters is 1. The van der Waals surface area contributed by atoms with Crippen LogP contribution in [-0.4, -0.2) is 22.9 Å². The molecule has 94 valence electrons. The van der Waals surface area contributed by atoms with Crippen LogP contribution in [0.3, 0.4) is 0 Å². The highest BCUT2D eigenvalue weighted by molar-refractivity contribution is 6.21. The summed E-state index contributed by atoms with van der Waals surface area (Å²) in [7, 11) is 0. The molecule has 0 bridgehead atoms. The van der Waals surface area contributed by atoms with Crippen LogP contribution in [-0.2, 0) is 9.53 Å². The Morgan fingerprint density at radius 2 is 2.06 bits per heavy atom. The van der Waals surface area contributed by atoms with Gasteiger partial charge in [0.15, 0.2) is 6.10 Å². The van der Waals surface area contributed by atoms with E-state index in [1.807, 2.05) is 31.2 Å². The number of para-hydroxylation sites is 1. The standard InChI is InChI=1S/C14H15NO3/c1-8-6-4-5-7-11(8)15-9(2)12-13(16)10(3)18-14(12)17/h4-7,10,16H,1-3H3. The SMILES string of the molecule is CC(=Nc1ccccc1C)C1=C(O)C(C)OC1=O. The molecule has 1 N–H and O–H groups in total. The molecular formula is C14H15NO3. The van der Waals surface area contributed by atoms with Gasteiger partial charge in [0.25, 0.3) is 0 Å². The lowest BCUT2D eigenvalue weighted by molar-refractivity contribution is -0.139. The molecule has 1 unspecified atom stereocenters. The van der Waals surface area contributed by atoms with Gasteiger partial charge in [-0.15, -0.1) is 0 Å². The van der Waals surface area contributed by atoms with Crippen molar-refractivity contribution >= 4 is 17.4 Å². The summed E-state index contributed by atoms with van der Waals surface area (Å²) >= 11 is 0. The monoisotopic (exact) mass is 245 g/mol. The fourth-order valence-electron chi connectivity index (χ4n) is 1.84. The van der Waals surface area contributed by atoms with E-state index in [0.29, 0.717) is 5.71 Å². The average Bonchev–Trinajstić information content (AvgIpc) is 2.56. The minimum atomic E-state index is -0.588. The summed E-state index contributed by atoms with van der Waals surface area (Å²) in [5.41, 5.74) is 2.43. The minimum absolute atomic E-state index is 0.0464. The highest BCUT2D eigenvalue weighted by atomic mass is 16.6. The molecule has 0 amide bonds. The van der Waals surface area contributed by atoms with Gasteiger partial charge >= 0.3 is 5.97 Å². The van der Waals surface area contributed by atoms with Crippen LogP contribution in [0.25, 0.3) is 0 Å². The number of aliphatic hydroxyl groups excluding tert-OH is 1. The molecule has 1 aliphatic rings. The van der Waals surface area contributed by atoms with Gasteiger partial charge in [0.05, 0.1) is 11.4 Å². The third-order valence-corrected chi connectivity index (χ3v) is 2.89. The van der Waals surface area contributed by atoms with Crippen molar-refractivity contribution in [1.29, 1.82) is 0 Å². The smallest absolute Gasteiger partial charge is 0.344 e. The maximum Gasteiger partial charge on any atom is 0.344 e. The van der Waals surface area contributed by atoms with Crippen molar-refractivity contribution in [2.24, 2.45) is 4.99 Å². The summed E-state index contributed by atoms with van der Waals surface area (Å²) in [6.07, 6.45) is -0.588. The molecular weight excluding hydrogens is 230 g/mol. The Bertz CT molecular complexity index is 558. The molecule has 1 atom stereocenters. The van der Waals surface area contributed by atoms with E-state index in [4.69, 9.17) is 4.74 Å². The van der Waals surface area contributed by atoms with Gasteiger partial charge in [0.1, 0.15) is 11.3 Å². The van der Waals surface area contributed by atoms with Crippen LogP contribution in [0.4, 0.5) is 5.69 Å².